The summed E-state index contributed by atoms with van der Waals surface area (Å²) in [6, 6.07) is 6.49. The number of hydrogen-bond acceptors (Lipinski definition) is 3. The van der Waals surface area contributed by atoms with Crippen molar-refractivity contribution in [2.24, 2.45) is 0 Å². The number of carbonyl (C=O) groups excluding carboxylic acids is 1. The van der Waals surface area contributed by atoms with E-state index in [9.17, 15) is 4.79 Å². The molecule has 0 spiro atoms. The minimum absolute atomic E-state index is 0.114. The molecule has 0 N–H and O–H groups in total. The number of benzene rings is 1. The number of fused-ring (bicyclic) bond motifs is 2. The molecule has 0 bridgehead atoms. The molecule has 28 heavy (non-hydrogen) atoms. The van der Waals surface area contributed by atoms with Gasteiger partial charge in [0.1, 0.15) is 16.9 Å². The monoisotopic (exact) mass is 378 g/mol. The summed E-state index contributed by atoms with van der Waals surface area (Å²) in [5, 5.41) is 0.866. The molecule has 1 aromatic carbocycles. The molecular formula is C25H30O3. The highest BCUT2D eigenvalue weighted by Crippen LogP contribution is 2.49. The third-order valence-corrected chi connectivity index (χ3v) is 6.28. The molecule has 0 fully saturated rings. The van der Waals surface area contributed by atoms with Crippen molar-refractivity contribution < 1.29 is 13.9 Å². The minimum Gasteiger partial charge on any atom is -0.493 e. The predicted octanol–water partition coefficient (Wildman–Crippen LogP) is 4.62. The number of hydrogen-bond donors (Lipinski definition) is 0. The van der Waals surface area contributed by atoms with Gasteiger partial charge in [0.15, 0.2) is 5.78 Å². The Balaban J connectivity index is 1.94. The molecule has 0 amide bonds. The summed E-state index contributed by atoms with van der Waals surface area (Å²) in [6.45, 7) is 12.1. The molecule has 0 radical (unpaired) electrons. The standard InChI is InChI=1S/C25H30O3/c1-6-11-27-22-15-20-19(24(2,3)9-10-25(20,4)5)14-18(22)23-13-16-12-17(26)7-8-21(16)28-23/h8,12-15H,6-7,9-11H2,1-5H3. The maximum Gasteiger partial charge on any atom is 0.160 e. The van der Waals surface area contributed by atoms with E-state index in [-0.39, 0.29) is 16.6 Å². The normalized spacial score (nSPS) is 19.2. The summed E-state index contributed by atoms with van der Waals surface area (Å²) in [6.07, 6.45) is 7.24. The fourth-order valence-electron chi connectivity index (χ4n) is 4.37. The number of rotatable bonds is 4. The highest BCUT2D eigenvalue weighted by molar-refractivity contribution is 6.09. The van der Waals surface area contributed by atoms with E-state index in [1.54, 1.807) is 6.08 Å². The summed E-state index contributed by atoms with van der Waals surface area (Å²) in [7, 11) is 0. The molecule has 4 rings (SSSR count). The lowest BCUT2D eigenvalue weighted by molar-refractivity contribution is -0.112. The fourth-order valence-corrected chi connectivity index (χ4v) is 4.37. The Kier molecular flexibility index (Phi) is 4.52. The van der Waals surface area contributed by atoms with Crippen LogP contribution in [0.1, 0.15) is 71.4 Å². The van der Waals surface area contributed by atoms with Crippen LogP contribution < -0.4 is 15.4 Å². The Morgan fingerprint density at radius 3 is 2.39 bits per heavy atom. The van der Waals surface area contributed by atoms with Gasteiger partial charge in [-0.1, -0.05) is 34.6 Å². The van der Waals surface area contributed by atoms with Crippen molar-refractivity contribution in [3.63, 3.8) is 0 Å². The first kappa shape index (κ1) is 19.0. The number of ether oxygens (including phenoxy) is 1. The molecule has 2 aliphatic rings. The number of ketones is 1. The maximum absolute atomic E-state index is 11.8. The van der Waals surface area contributed by atoms with Crippen molar-refractivity contribution in [2.45, 2.75) is 71.1 Å². The number of carbonyl (C=O) groups is 1. The fraction of sp³-hybridized carbons (Fsp3) is 0.480. The predicted molar refractivity (Wildman–Crippen MR) is 113 cm³/mol. The van der Waals surface area contributed by atoms with Gasteiger partial charge in [0.2, 0.25) is 0 Å². The SMILES string of the molecule is CCCOc1cc2c(cc1-c1cc3c(o1)=CCC(=O)C=3)C(C)(C)CCC2(C)C. The Hall–Kier alpha value is -2.29. The zero-order valence-electron chi connectivity index (χ0n) is 17.6. The average Bonchev–Trinajstić information content (AvgIpc) is 3.06. The van der Waals surface area contributed by atoms with E-state index < -0.39 is 0 Å². The lowest BCUT2D eigenvalue weighted by atomic mass is 9.63. The quantitative estimate of drug-likeness (QED) is 0.779. The zero-order chi connectivity index (χ0) is 20.1. The van der Waals surface area contributed by atoms with E-state index in [0.29, 0.717) is 13.0 Å². The topological polar surface area (TPSA) is 39.4 Å². The molecule has 3 heteroatoms. The summed E-state index contributed by atoms with van der Waals surface area (Å²) < 4.78 is 12.3. The van der Waals surface area contributed by atoms with Crippen LogP contribution in [0.2, 0.25) is 0 Å². The van der Waals surface area contributed by atoms with E-state index in [4.69, 9.17) is 9.15 Å². The molecule has 0 atom stereocenters. The van der Waals surface area contributed by atoms with Gasteiger partial charge in [0.05, 0.1) is 12.2 Å². The Morgan fingerprint density at radius 1 is 1.04 bits per heavy atom. The van der Waals surface area contributed by atoms with E-state index >= 15 is 0 Å². The van der Waals surface area contributed by atoms with Crippen LogP contribution >= 0.6 is 0 Å². The van der Waals surface area contributed by atoms with Crippen molar-refractivity contribution in [2.75, 3.05) is 6.61 Å². The molecule has 0 saturated carbocycles. The molecule has 1 aromatic heterocycles. The second kappa shape index (κ2) is 6.65. The van der Waals surface area contributed by atoms with Crippen LogP contribution in [0.15, 0.2) is 22.6 Å². The lowest BCUT2D eigenvalue weighted by Gasteiger charge is -2.42. The van der Waals surface area contributed by atoms with Gasteiger partial charge < -0.3 is 9.15 Å². The van der Waals surface area contributed by atoms with Gasteiger partial charge in [-0.2, -0.15) is 0 Å². The molecule has 0 unspecified atom stereocenters. The van der Waals surface area contributed by atoms with Gasteiger partial charge in [0.25, 0.3) is 0 Å². The molecule has 2 aromatic rings. The molecule has 148 valence electrons. The Labute approximate surface area is 167 Å². The van der Waals surface area contributed by atoms with Gasteiger partial charge in [0, 0.05) is 11.6 Å². The molecule has 2 aliphatic carbocycles. The van der Waals surface area contributed by atoms with Gasteiger partial charge >= 0.3 is 0 Å². The van der Waals surface area contributed by atoms with E-state index in [1.807, 2.05) is 12.1 Å². The summed E-state index contributed by atoms with van der Waals surface area (Å²) >= 11 is 0. The van der Waals surface area contributed by atoms with Crippen LogP contribution in [0.5, 0.6) is 5.75 Å². The summed E-state index contributed by atoms with van der Waals surface area (Å²) in [4.78, 5) is 11.8. The van der Waals surface area contributed by atoms with Crippen LogP contribution in [0.3, 0.4) is 0 Å². The zero-order valence-corrected chi connectivity index (χ0v) is 17.6. The molecular weight excluding hydrogens is 348 g/mol. The second-order valence-electron chi connectivity index (χ2n) is 9.46. The molecule has 0 aliphatic heterocycles. The minimum atomic E-state index is 0.114. The van der Waals surface area contributed by atoms with Crippen LogP contribution in [0.25, 0.3) is 23.5 Å². The second-order valence-corrected chi connectivity index (χ2v) is 9.46. The van der Waals surface area contributed by atoms with Crippen LogP contribution in [-0.2, 0) is 15.6 Å². The smallest absolute Gasteiger partial charge is 0.160 e. The van der Waals surface area contributed by atoms with Crippen molar-refractivity contribution >= 4 is 17.9 Å². The van der Waals surface area contributed by atoms with E-state index in [1.165, 1.54) is 17.5 Å². The number of furan rings is 1. The third kappa shape index (κ3) is 3.21. The largest absolute Gasteiger partial charge is 0.493 e. The van der Waals surface area contributed by atoms with Gasteiger partial charge in [-0.25, -0.2) is 0 Å². The van der Waals surface area contributed by atoms with E-state index in [2.05, 4.69) is 46.8 Å². The highest BCUT2D eigenvalue weighted by atomic mass is 16.5. The van der Waals surface area contributed by atoms with Gasteiger partial charge in [-0.05, 0) is 71.6 Å². The molecule has 3 nitrogen and oxygen atoms in total. The maximum atomic E-state index is 11.8. The lowest BCUT2D eigenvalue weighted by Crippen LogP contribution is -2.33. The Bertz CT molecular complexity index is 1050. The summed E-state index contributed by atoms with van der Waals surface area (Å²) in [5.41, 5.74) is 4.77. The van der Waals surface area contributed by atoms with Crippen molar-refractivity contribution in [3.8, 4) is 17.1 Å². The first-order valence-corrected chi connectivity index (χ1v) is 10.4. The van der Waals surface area contributed by atoms with Gasteiger partial charge in [-0.15, -0.1) is 0 Å². The van der Waals surface area contributed by atoms with Crippen LogP contribution in [-0.4, -0.2) is 12.4 Å². The Morgan fingerprint density at radius 2 is 1.71 bits per heavy atom. The summed E-state index contributed by atoms with van der Waals surface area (Å²) in [5.74, 6) is 1.78. The van der Waals surface area contributed by atoms with Crippen molar-refractivity contribution in [1.82, 2.24) is 0 Å². The van der Waals surface area contributed by atoms with E-state index in [0.717, 1.165) is 40.5 Å². The first-order chi connectivity index (χ1) is 13.2. The van der Waals surface area contributed by atoms with Crippen LogP contribution in [0, 0.1) is 0 Å². The third-order valence-electron chi connectivity index (χ3n) is 6.28. The van der Waals surface area contributed by atoms with Gasteiger partial charge in [-0.3, -0.25) is 4.79 Å². The average molecular weight is 379 g/mol. The van der Waals surface area contributed by atoms with Crippen molar-refractivity contribution in [3.05, 3.63) is 40.0 Å². The highest BCUT2D eigenvalue weighted by Gasteiger charge is 2.38. The van der Waals surface area contributed by atoms with Crippen LogP contribution in [0.4, 0.5) is 0 Å². The molecule has 0 saturated heterocycles. The van der Waals surface area contributed by atoms with Crippen molar-refractivity contribution in [1.29, 1.82) is 0 Å². The number of Topliss-reactive ketones (excluding diaryl/α,β-unsaturated/α-hetero) is 1. The molecule has 1 heterocycles. The first-order valence-electron chi connectivity index (χ1n) is 10.4.